The van der Waals surface area contributed by atoms with Gasteiger partial charge in [0, 0.05) is 5.56 Å². The van der Waals surface area contributed by atoms with Crippen LogP contribution in [0.15, 0.2) is 12.1 Å². The van der Waals surface area contributed by atoms with Crippen LogP contribution in [0.2, 0.25) is 10.0 Å². The summed E-state index contributed by atoms with van der Waals surface area (Å²) in [5, 5.41) is 0.544. The lowest BCUT2D eigenvalue weighted by Crippen LogP contribution is -2.01. The van der Waals surface area contributed by atoms with Crippen molar-refractivity contribution in [2.24, 2.45) is 0 Å². The van der Waals surface area contributed by atoms with E-state index >= 15 is 0 Å². The summed E-state index contributed by atoms with van der Waals surface area (Å²) in [6, 6.07) is 2.94. The molecule has 1 aromatic rings. The zero-order chi connectivity index (χ0) is 10.2. The predicted octanol–water partition coefficient (Wildman–Crippen LogP) is 4.40. The molecule has 1 nitrogen and oxygen atoms in total. The number of halogens is 5. The first kappa shape index (κ1) is 11.5. The van der Waals surface area contributed by atoms with Gasteiger partial charge in [0.25, 0.3) is 0 Å². The molecule has 0 saturated heterocycles. The molecule has 0 radical (unpaired) electrons. The van der Waals surface area contributed by atoms with Crippen molar-refractivity contribution in [3.63, 3.8) is 0 Å². The Hall–Kier alpha value is 0.470. The fraction of sp³-hybridized carbons (Fsp3) is 0.143. The molecule has 0 saturated carbocycles. The average Bonchev–Trinajstić information content (AvgIpc) is 1.97. The maximum absolute atomic E-state index is 5.74. The van der Waals surface area contributed by atoms with Crippen molar-refractivity contribution in [3.05, 3.63) is 27.7 Å². The standard InChI is InChI=1S/C7H4Cl5N/c8-4-1-3(7(10,11)12)2-5(9)6(4)13/h1-2H,13H2. The van der Waals surface area contributed by atoms with Gasteiger partial charge >= 0.3 is 0 Å². The molecule has 0 aromatic heterocycles. The third kappa shape index (κ3) is 2.71. The van der Waals surface area contributed by atoms with Gasteiger partial charge in [-0.25, -0.2) is 0 Å². The highest BCUT2D eigenvalue weighted by Gasteiger charge is 2.24. The van der Waals surface area contributed by atoms with E-state index in [1.807, 2.05) is 0 Å². The van der Waals surface area contributed by atoms with Crippen LogP contribution in [0.4, 0.5) is 5.69 Å². The number of rotatable bonds is 0. The zero-order valence-electron chi connectivity index (χ0n) is 6.12. The molecular formula is C7H4Cl5N. The van der Waals surface area contributed by atoms with Gasteiger partial charge in [-0.1, -0.05) is 58.0 Å². The van der Waals surface area contributed by atoms with Crippen molar-refractivity contribution in [2.75, 3.05) is 5.73 Å². The Morgan fingerprint density at radius 1 is 1.00 bits per heavy atom. The van der Waals surface area contributed by atoms with E-state index < -0.39 is 3.79 Å². The van der Waals surface area contributed by atoms with Gasteiger partial charge in [-0.3, -0.25) is 0 Å². The molecule has 1 aromatic carbocycles. The molecule has 0 spiro atoms. The fourth-order valence-corrected chi connectivity index (χ4v) is 1.56. The van der Waals surface area contributed by atoms with E-state index in [0.717, 1.165) is 0 Å². The second-order valence-corrected chi connectivity index (χ2v) is 5.45. The molecule has 0 aliphatic rings. The second-order valence-electron chi connectivity index (χ2n) is 2.35. The second kappa shape index (κ2) is 3.92. The number of benzene rings is 1. The first-order valence-electron chi connectivity index (χ1n) is 3.14. The molecule has 0 atom stereocenters. The van der Waals surface area contributed by atoms with E-state index in [1.165, 1.54) is 12.1 Å². The van der Waals surface area contributed by atoms with E-state index in [9.17, 15) is 0 Å². The SMILES string of the molecule is Nc1c(Cl)cc(C(Cl)(Cl)Cl)cc1Cl. The van der Waals surface area contributed by atoms with Crippen molar-refractivity contribution >= 4 is 63.7 Å². The zero-order valence-corrected chi connectivity index (χ0v) is 9.90. The molecule has 0 bridgehead atoms. The van der Waals surface area contributed by atoms with E-state index in [2.05, 4.69) is 0 Å². The summed E-state index contributed by atoms with van der Waals surface area (Å²) in [7, 11) is 0. The average molecular weight is 279 g/mol. The Balaban J connectivity index is 3.29. The van der Waals surface area contributed by atoms with Crippen molar-refractivity contribution in [1.82, 2.24) is 0 Å². The third-order valence-corrected chi connectivity index (χ3v) is 2.69. The summed E-state index contributed by atoms with van der Waals surface area (Å²) < 4.78 is -1.54. The summed E-state index contributed by atoms with van der Waals surface area (Å²) in [5.74, 6) is 0. The highest BCUT2D eigenvalue weighted by atomic mass is 35.6. The third-order valence-electron chi connectivity index (χ3n) is 1.41. The molecule has 72 valence electrons. The smallest absolute Gasteiger partial charge is 0.216 e. The topological polar surface area (TPSA) is 26.0 Å². The monoisotopic (exact) mass is 277 g/mol. The van der Waals surface area contributed by atoms with Crippen LogP contribution in [-0.4, -0.2) is 0 Å². The molecule has 0 aliphatic carbocycles. The molecular weight excluding hydrogens is 275 g/mol. The lowest BCUT2D eigenvalue weighted by Gasteiger charge is -2.13. The van der Waals surface area contributed by atoms with Gasteiger partial charge in [0.1, 0.15) is 0 Å². The number of hydrogen-bond acceptors (Lipinski definition) is 1. The van der Waals surface area contributed by atoms with Crippen molar-refractivity contribution < 1.29 is 0 Å². The van der Waals surface area contributed by atoms with Crippen LogP contribution in [0, 0.1) is 0 Å². The molecule has 0 unspecified atom stereocenters. The minimum absolute atomic E-state index is 0.272. The number of nitrogen functional groups attached to an aromatic ring is 1. The van der Waals surface area contributed by atoms with Crippen molar-refractivity contribution in [3.8, 4) is 0 Å². The number of anilines is 1. The van der Waals surface area contributed by atoms with Gasteiger partial charge in [0.15, 0.2) is 0 Å². The Labute approximate surface area is 101 Å². The minimum atomic E-state index is -1.54. The normalized spacial score (nSPS) is 11.8. The molecule has 0 amide bonds. The Morgan fingerprint density at radius 3 is 1.69 bits per heavy atom. The quantitative estimate of drug-likeness (QED) is 0.553. The lowest BCUT2D eigenvalue weighted by atomic mass is 10.2. The Morgan fingerprint density at radius 2 is 1.38 bits per heavy atom. The van der Waals surface area contributed by atoms with Gasteiger partial charge in [-0.2, -0.15) is 0 Å². The molecule has 0 heterocycles. The van der Waals surface area contributed by atoms with Gasteiger partial charge in [-0.15, -0.1) is 0 Å². The van der Waals surface area contributed by atoms with Crippen molar-refractivity contribution in [1.29, 1.82) is 0 Å². The molecule has 1 rings (SSSR count). The Bertz CT molecular complexity index is 307. The lowest BCUT2D eigenvalue weighted by molar-refractivity contribution is 1.24. The van der Waals surface area contributed by atoms with Crippen LogP contribution in [-0.2, 0) is 3.79 Å². The van der Waals surface area contributed by atoms with Gasteiger partial charge in [-0.05, 0) is 12.1 Å². The number of hydrogen-bond donors (Lipinski definition) is 1. The summed E-state index contributed by atoms with van der Waals surface area (Å²) in [5.41, 5.74) is 6.17. The van der Waals surface area contributed by atoms with E-state index in [1.54, 1.807) is 0 Å². The molecule has 6 heteroatoms. The van der Waals surface area contributed by atoms with Crippen LogP contribution in [0.5, 0.6) is 0 Å². The van der Waals surface area contributed by atoms with Crippen LogP contribution >= 0.6 is 58.0 Å². The first-order chi connectivity index (χ1) is 5.82. The van der Waals surface area contributed by atoms with Crippen LogP contribution < -0.4 is 5.73 Å². The summed E-state index contributed by atoms with van der Waals surface area (Å²) in [4.78, 5) is 0. The minimum Gasteiger partial charge on any atom is -0.396 e. The summed E-state index contributed by atoms with van der Waals surface area (Å²) in [6.45, 7) is 0. The first-order valence-corrected chi connectivity index (χ1v) is 5.03. The highest BCUT2D eigenvalue weighted by Crippen LogP contribution is 2.42. The maximum atomic E-state index is 5.74. The fourth-order valence-electron chi connectivity index (χ4n) is 0.748. The van der Waals surface area contributed by atoms with Crippen molar-refractivity contribution in [2.45, 2.75) is 3.79 Å². The van der Waals surface area contributed by atoms with Crippen LogP contribution in [0.3, 0.4) is 0 Å². The van der Waals surface area contributed by atoms with E-state index in [4.69, 9.17) is 63.7 Å². The van der Waals surface area contributed by atoms with Crippen LogP contribution in [0.25, 0.3) is 0 Å². The van der Waals surface area contributed by atoms with E-state index in [0.29, 0.717) is 5.56 Å². The molecule has 0 aliphatic heterocycles. The molecule has 0 fully saturated rings. The summed E-state index contributed by atoms with van der Waals surface area (Å²) >= 11 is 28.4. The Kier molecular flexibility index (Phi) is 3.48. The van der Waals surface area contributed by atoms with Crippen LogP contribution in [0.1, 0.15) is 5.56 Å². The van der Waals surface area contributed by atoms with Gasteiger partial charge in [0.05, 0.1) is 15.7 Å². The van der Waals surface area contributed by atoms with Gasteiger partial charge in [0.2, 0.25) is 3.79 Å². The molecule has 2 N–H and O–H groups in total. The predicted molar refractivity (Wildman–Crippen MR) is 60.1 cm³/mol. The largest absolute Gasteiger partial charge is 0.396 e. The highest BCUT2D eigenvalue weighted by molar-refractivity contribution is 6.66. The van der Waals surface area contributed by atoms with E-state index in [-0.39, 0.29) is 15.7 Å². The van der Waals surface area contributed by atoms with Gasteiger partial charge < -0.3 is 5.73 Å². The summed E-state index contributed by atoms with van der Waals surface area (Å²) in [6.07, 6.45) is 0. The number of alkyl halides is 3. The maximum Gasteiger partial charge on any atom is 0.216 e. The molecule has 13 heavy (non-hydrogen) atoms. The number of nitrogens with two attached hydrogens (primary N) is 1.